The fourth-order valence-corrected chi connectivity index (χ4v) is 5.37. The first-order valence-electron chi connectivity index (χ1n) is 14.2. The summed E-state index contributed by atoms with van der Waals surface area (Å²) >= 11 is 0. The minimum atomic E-state index is -1.06. The third-order valence-electron chi connectivity index (χ3n) is 8.35. The molecule has 1 saturated heterocycles. The molecule has 3 aromatic carbocycles. The molecule has 1 heterocycles. The number of aliphatic carboxylic acids is 1. The lowest BCUT2D eigenvalue weighted by molar-refractivity contribution is -0.131. The molecule has 0 unspecified atom stereocenters. The Morgan fingerprint density at radius 2 is 1.56 bits per heavy atom. The molecule has 5 rings (SSSR count). The summed E-state index contributed by atoms with van der Waals surface area (Å²) < 4.78 is 23.8. The molecule has 0 radical (unpaired) electrons. The Kier molecular flexibility index (Phi) is 8.49. The SMILES string of the molecule is COc1ccc(C=C(CNC(=O)OCC2c3ccccc3-c3ccccc32)B2OC(C)(C)C(C)(C)O2)cc1/C=C/C(=O)O. The molecule has 0 atom stereocenters. The summed E-state index contributed by atoms with van der Waals surface area (Å²) in [5.41, 5.74) is 5.45. The van der Waals surface area contributed by atoms with Crippen LogP contribution >= 0.6 is 0 Å². The van der Waals surface area contributed by atoms with Gasteiger partial charge in [0.15, 0.2) is 0 Å². The summed E-state index contributed by atoms with van der Waals surface area (Å²) in [6.45, 7) is 8.17. The fourth-order valence-electron chi connectivity index (χ4n) is 5.37. The topological polar surface area (TPSA) is 103 Å². The van der Waals surface area contributed by atoms with E-state index in [1.54, 1.807) is 12.1 Å². The average molecular weight is 581 g/mol. The van der Waals surface area contributed by atoms with Crippen molar-refractivity contribution >= 4 is 31.3 Å². The first-order valence-corrected chi connectivity index (χ1v) is 14.2. The first-order chi connectivity index (χ1) is 20.5. The number of hydrogen-bond donors (Lipinski definition) is 2. The van der Waals surface area contributed by atoms with Crippen LogP contribution in [-0.4, -0.2) is 55.8 Å². The van der Waals surface area contributed by atoms with Crippen LogP contribution in [0.2, 0.25) is 0 Å². The van der Waals surface area contributed by atoms with Gasteiger partial charge in [-0.15, -0.1) is 0 Å². The number of nitrogens with one attached hydrogen (secondary N) is 1. The van der Waals surface area contributed by atoms with E-state index in [2.05, 4.69) is 29.6 Å². The lowest BCUT2D eigenvalue weighted by Gasteiger charge is -2.32. The van der Waals surface area contributed by atoms with Crippen molar-refractivity contribution in [3.05, 3.63) is 101 Å². The van der Waals surface area contributed by atoms with Gasteiger partial charge in [-0.3, -0.25) is 0 Å². The lowest BCUT2D eigenvalue weighted by atomic mass is 9.77. The van der Waals surface area contributed by atoms with E-state index < -0.39 is 30.4 Å². The Bertz CT molecular complexity index is 1530. The van der Waals surface area contributed by atoms with E-state index in [-0.39, 0.29) is 19.1 Å². The van der Waals surface area contributed by atoms with Crippen molar-refractivity contribution in [1.29, 1.82) is 0 Å². The van der Waals surface area contributed by atoms with Crippen molar-refractivity contribution in [2.45, 2.75) is 44.8 Å². The second-order valence-electron chi connectivity index (χ2n) is 11.7. The van der Waals surface area contributed by atoms with Crippen LogP contribution in [0.4, 0.5) is 4.79 Å². The second kappa shape index (κ2) is 12.1. The summed E-state index contributed by atoms with van der Waals surface area (Å²) in [6.07, 6.45) is 3.84. The molecule has 3 aromatic rings. The average Bonchev–Trinajstić information content (AvgIpc) is 3.41. The van der Waals surface area contributed by atoms with Crippen molar-refractivity contribution in [2.75, 3.05) is 20.3 Å². The fraction of sp³-hybridized carbons (Fsp3) is 0.294. The Hall–Kier alpha value is -4.34. The Morgan fingerprint density at radius 3 is 2.14 bits per heavy atom. The highest BCUT2D eigenvalue weighted by Crippen LogP contribution is 2.44. The number of benzene rings is 3. The van der Waals surface area contributed by atoms with E-state index >= 15 is 0 Å². The van der Waals surface area contributed by atoms with Gasteiger partial charge in [-0.2, -0.15) is 0 Å². The van der Waals surface area contributed by atoms with E-state index in [1.807, 2.05) is 64.1 Å². The molecule has 0 spiro atoms. The van der Waals surface area contributed by atoms with Gasteiger partial charge in [-0.1, -0.05) is 60.7 Å². The number of carbonyl (C=O) groups is 2. The number of rotatable bonds is 9. The quantitative estimate of drug-likeness (QED) is 0.224. The van der Waals surface area contributed by atoms with Gasteiger partial charge in [-0.25, -0.2) is 9.59 Å². The van der Waals surface area contributed by atoms with Gasteiger partial charge < -0.3 is 29.2 Å². The van der Waals surface area contributed by atoms with Gasteiger partial charge >= 0.3 is 19.2 Å². The molecule has 0 aromatic heterocycles. The van der Waals surface area contributed by atoms with E-state index in [0.717, 1.165) is 33.9 Å². The molecule has 9 heteroatoms. The minimum absolute atomic E-state index is 0.0483. The highest BCUT2D eigenvalue weighted by molar-refractivity contribution is 6.56. The second-order valence-corrected chi connectivity index (χ2v) is 11.7. The van der Waals surface area contributed by atoms with E-state index in [1.165, 1.54) is 13.2 Å². The summed E-state index contributed by atoms with van der Waals surface area (Å²) in [5.74, 6) is -0.579. The molecule has 1 fully saturated rings. The standard InChI is InChI=1S/C34H36BNO7/c1-33(2)34(3,4)43-35(42-33)24(19-22-14-16-30(40-5)23(18-22)15-17-31(37)38)20-36-32(39)41-21-29-27-12-8-6-10-25(27)26-11-7-9-13-28(26)29/h6-19,29H,20-21H2,1-5H3,(H,36,39)(H,37,38)/b17-15+,24-19?. The molecule has 8 nitrogen and oxygen atoms in total. The van der Waals surface area contributed by atoms with E-state index in [9.17, 15) is 9.59 Å². The molecule has 2 N–H and O–H groups in total. The van der Waals surface area contributed by atoms with Gasteiger partial charge in [0.1, 0.15) is 12.4 Å². The molecular formula is C34H36BNO7. The summed E-state index contributed by atoms with van der Waals surface area (Å²) in [5, 5.41) is 12.0. The molecule has 222 valence electrons. The highest BCUT2D eigenvalue weighted by atomic mass is 16.7. The summed E-state index contributed by atoms with van der Waals surface area (Å²) in [6, 6.07) is 21.8. The van der Waals surface area contributed by atoms with Gasteiger partial charge in [0.2, 0.25) is 0 Å². The maximum atomic E-state index is 13.0. The third kappa shape index (κ3) is 6.38. The van der Waals surface area contributed by atoms with Crippen molar-refractivity contribution in [3.8, 4) is 16.9 Å². The highest BCUT2D eigenvalue weighted by Gasteiger charge is 2.52. The largest absolute Gasteiger partial charge is 0.496 e. The smallest absolute Gasteiger partial charge is 0.492 e. The maximum absolute atomic E-state index is 13.0. The van der Waals surface area contributed by atoms with Crippen LogP contribution in [-0.2, 0) is 18.8 Å². The van der Waals surface area contributed by atoms with Crippen LogP contribution in [0.3, 0.4) is 0 Å². The Balaban J connectivity index is 1.34. The third-order valence-corrected chi connectivity index (χ3v) is 8.35. The molecule has 0 bridgehead atoms. The van der Waals surface area contributed by atoms with Crippen LogP contribution in [0.25, 0.3) is 23.3 Å². The van der Waals surface area contributed by atoms with Gasteiger partial charge in [0.05, 0.1) is 18.3 Å². The van der Waals surface area contributed by atoms with Crippen molar-refractivity contribution in [1.82, 2.24) is 5.32 Å². The lowest BCUT2D eigenvalue weighted by Crippen LogP contribution is -2.41. The van der Waals surface area contributed by atoms with Crippen molar-refractivity contribution in [3.63, 3.8) is 0 Å². The molecule has 1 aliphatic heterocycles. The number of fused-ring (bicyclic) bond motifs is 3. The van der Waals surface area contributed by atoms with Crippen molar-refractivity contribution < 1.29 is 33.5 Å². The summed E-state index contributed by atoms with van der Waals surface area (Å²) in [4.78, 5) is 24.1. The zero-order valence-corrected chi connectivity index (χ0v) is 25.0. The number of alkyl carbamates (subject to hydrolysis) is 1. The van der Waals surface area contributed by atoms with E-state index in [4.69, 9.17) is 23.9 Å². The first kappa shape index (κ1) is 30.1. The number of ether oxygens (including phenoxy) is 2. The van der Waals surface area contributed by atoms with Gasteiger partial charge in [0.25, 0.3) is 0 Å². The van der Waals surface area contributed by atoms with Gasteiger partial charge in [0, 0.05) is 24.1 Å². The van der Waals surface area contributed by atoms with Crippen LogP contribution in [0.1, 0.15) is 55.9 Å². The molecule has 2 aliphatic rings. The molecule has 1 aliphatic carbocycles. The predicted octanol–water partition coefficient (Wildman–Crippen LogP) is 6.35. The Labute approximate surface area is 252 Å². The molecule has 1 amide bonds. The molecule has 0 saturated carbocycles. The normalized spacial score (nSPS) is 17.0. The molecule has 43 heavy (non-hydrogen) atoms. The van der Waals surface area contributed by atoms with Crippen LogP contribution in [0.5, 0.6) is 5.75 Å². The van der Waals surface area contributed by atoms with Crippen LogP contribution in [0.15, 0.2) is 78.3 Å². The number of carboxylic acids is 1. The monoisotopic (exact) mass is 581 g/mol. The summed E-state index contributed by atoms with van der Waals surface area (Å²) in [7, 11) is 0.802. The molecular weight excluding hydrogens is 545 g/mol. The number of carboxylic acid groups (broad SMARTS) is 1. The van der Waals surface area contributed by atoms with Crippen LogP contribution in [0, 0.1) is 0 Å². The number of amides is 1. The van der Waals surface area contributed by atoms with Gasteiger partial charge in [-0.05, 0) is 79.2 Å². The maximum Gasteiger partial charge on any atom is 0.492 e. The zero-order chi connectivity index (χ0) is 30.8. The zero-order valence-electron chi connectivity index (χ0n) is 25.0. The van der Waals surface area contributed by atoms with Crippen molar-refractivity contribution in [2.24, 2.45) is 0 Å². The van der Waals surface area contributed by atoms with Crippen LogP contribution < -0.4 is 10.1 Å². The minimum Gasteiger partial charge on any atom is -0.496 e. The number of hydrogen-bond acceptors (Lipinski definition) is 6. The number of carbonyl (C=O) groups excluding carboxylic acids is 1. The number of methoxy groups -OCH3 is 1. The Morgan fingerprint density at radius 1 is 0.953 bits per heavy atom. The predicted molar refractivity (Wildman–Crippen MR) is 167 cm³/mol. The van der Waals surface area contributed by atoms with E-state index in [0.29, 0.717) is 16.8 Å².